The number of hydrogen-bond donors (Lipinski definition) is 1. The van der Waals surface area contributed by atoms with E-state index in [9.17, 15) is 4.79 Å². The molecule has 0 spiro atoms. The van der Waals surface area contributed by atoms with Crippen LogP contribution in [0.25, 0.3) is 11.4 Å². The second kappa shape index (κ2) is 6.23. The highest BCUT2D eigenvalue weighted by molar-refractivity contribution is 5.94. The van der Waals surface area contributed by atoms with Crippen molar-refractivity contribution >= 4 is 5.91 Å². The normalized spacial score (nSPS) is 13.8. The molecule has 8 nitrogen and oxygen atoms in total. The number of rotatable bonds is 6. The van der Waals surface area contributed by atoms with Crippen molar-refractivity contribution < 1.29 is 9.32 Å². The van der Waals surface area contributed by atoms with E-state index in [0.717, 1.165) is 18.4 Å². The first-order valence-corrected chi connectivity index (χ1v) is 7.84. The van der Waals surface area contributed by atoms with Gasteiger partial charge in [-0.1, -0.05) is 17.3 Å². The molecule has 0 saturated heterocycles. The summed E-state index contributed by atoms with van der Waals surface area (Å²) in [5.74, 6) is 1.57. The zero-order valence-corrected chi connectivity index (χ0v) is 12.9. The molecule has 1 N–H and O–H groups in total. The first-order chi connectivity index (χ1) is 11.8. The van der Waals surface area contributed by atoms with Crippen molar-refractivity contribution in [2.75, 3.05) is 6.54 Å². The number of nitrogens with zero attached hydrogens (tertiary/aromatic N) is 5. The van der Waals surface area contributed by atoms with Crippen LogP contribution in [0.15, 0.2) is 41.4 Å². The van der Waals surface area contributed by atoms with Gasteiger partial charge in [0.15, 0.2) is 0 Å². The monoisotopic (exact) mass is 324 g/mol. The quantitative estimate of drug-likeness (QED) is 0.740. The molecule has 8 heteroatoms. The van der Waals surface area contributed by atoms with E-state index in [1.54, 1.807) is 23.1 Å². The van der Waals surface area contributed by atoms with E-state index in [0.29, 0.717) is 36.3 Å². The molecule has 0 bridgehead atoms. The van der Waals surface area contributed by atoms with Crippen LogP contribution in [0.3, 0.4) is 0 Å². The van der Waals surface area contributed by atoms with Gasteiger partial charge in [0.2, 0.25) is 11.7 Å². The molecule has 1 aromatic carbocycles. The summed E-state index contributed by atoms with van der Waals surface area (Å²) in [6.45, 7) is 1.07. The second-order valence-corrected chi connectivity index (χ2v) is 5.72. The molecule has 1 fully saturated rings. The molecule has 24 heavy (non-hydrogen) atoms. The molecule has 1 aliphatic carbocycles. The van der Waals surface area contributed by atoms with E-state index < -0.39 is 0 Å². The number of hydrogen-bond acceptors (Lipinski definition) is 6. The number of nitrogens with one attached hydrogen (secondary N) is 1. The van der Waals surface area contributed by atoms with Gasteiger partial charge in [-0.2, -0.15) is 10.1 Å². The minimum atomic E-state index is -0.131. The molecular formula is C16H16N6O2. The fourth-order valence-electron chi connectivity index (χ4n) is 2.35. The molecule has 0 radical (unpaired) electrons. The van der Waals surface area contributed by atoms with Crippen LogP contribution in [0.2, 0.25) is 0 Å². The van der Waals surface area contributed by atoms with Crippen molar-refractivity contribution in [3.8, 4) is 11.4 Å². The van der Waals surface area contributed by atoms with Crippen LogP contribution in [-0.4, -0.2) is 37.4 Å². The number of aromatic nitrogens is 5. The second-order valence-electron chi connectivity index (χ2n) is 5.72. The highest BCUT2D eigenvalue weighted by Gasteiger charge is 2.29. The number of carbonyl (C=O) groups excluding carboxylic acids is 1. The maximum Gasteiger partial charge on any atom is 0.251 e. The molecule has 1 aliphatic rings. The van der Waals surface area contributed by atoms with Crippen LogP contribution < -0.4 is 5.32 Å². The molecule has 1 saturated carbocycles. The van der Waals surface area contributed by atoms with E-state index in [1.807, 2.05) is 12.1 Å². The Morgan fingerprint density at radius 1 is 1.29 bits per heavy atom. The van der Waals surface area contributed by atoms with Crippen LogP contribution in [0, 0.1) is 0 Å². The lowest BCUT2D eigenvalue weighted by atomic mass is 10.1. The minimum Gasteiger partial charge on any atom is -0.350 e. The van der Waals surface area contributed by atoms with E-state index in [-0.39, 0.29) is 5.91 Å². The largest absolute Gasteiger partial charge is 0.350 e. The van der Waals surface area contributed by atoms with Crippen LogP contribution in [-0.2, 0) is 6.54 Å². The molecule has 0 atom stereocenters. The number of benzene rings is 1. The summed E-state index contributed by atoms with van der Waals surface area (Å²) in [6.07, 6.45) is 5.32. The van der Waals surface area contributed by atoms with Crippen molar-refractivity contribution in [1.82, 2.24) is 30.2 Å². The highest BCUT2D eigenvalue weighted by atomic mass is 16.5. The summed E-state index contributed by atoms with van der Waals surface area (Å²) in [7, 11) is 0. The van der Waals surface area contributed by atoms with E-state index >= 15 is 0 Å². The van der Waals surface area contributed by atoms with Gasteiger partial charge in [-0.25, -0.2) is 4.98 Å². The Morgan fingerprint density at radius 2 is 2.12 bits per heavy atom. The Kier molecular flexibility index (Phi) is 3.78. The average molecular weight is 324 g/mol. The predicted molar refractivity (Wildman–Crippen MR) is 84.1 cm³/mol. The zero-order valence-electron chi connectivity index (χ0n) is 12.9. The van der Waals surface area contributed by atoms with Crippen LogP contribution in [0.4, 0.5) is 0 Å². The van der Waals surface area contributed by atoms with Gasteiger partial charge in [0.1, 0.15) is 12.7 Å². The minimum absolute atomic E-state index is 0.131. The summed E-state index contributed by atoms with van der Waals surface area (Å²) in [5.41, 5.74) is 1.42. The van der Waals surface area contributed by atoms with Gasteiger partial charge in [-0.3, -0.25) is 9.48 Å². The Bertz CT molecular complexity index is 821. The molecule has 122 valence electrons. The molecular weight excluding hydrogens is 308 g/mol. The Hall–Kier alpha value is -3.03. The number of carbonyl (C=O) groups is 1. The van der Waals surface area contributed by atoms with Crippen molar-refractivity contribution in [2.45, 2.75) is 25.3 Å². The third-order valence-electron chi connectivity index (χ3n) is 3.87. The molecule has 3 aromatic rings. The molecule has 0 unspecified atom stereocenters. The molecule has 2 aromatic heterocycles. The molecule has 4 rings (SSSR count). The third-order valence-corrected chi connectivity index (χ3v) is 3.87. The first kappa shape index (κ1) is 14.6. The third kappa shape index (κ3) is 3.17. The predicted octanol–water partition coefficient (Wildman–Crippen LogP) is 1.64. The van der Waals surface area contributed by atoms with Crippen LogP contribution in [0.5, 0.6) is 0 Å². The highest BCUT2D eigenvalue weighted by Crippen LogP contribution is 2.39. The number of amides is 1. The van der Waals surface area contributed by atoms with Gasteiger partial charge in [-0.05, 0) is 25.0 Å². The zero-order chi connectivity index (χ0) is 16.4. The molecule has 2 heterocycles. The van der Waals surface area contributed by atoms with Gasteiger partial charge in [0, 0.05) is 23.6 Å². The topological polar surface area (TPSA) is 98.7 Å². The SMILES string of the molecule is O=C(NCCn1cncn1)c1ccc(-c2noc(C3CC3)n2)cc1. The maximum absolute atomic E-state index is 12.1. The first-order valence-electron chi connectivity index (χ1n) is 7.84. The van der Waals surface area contributed by atoms with Crippen molar-refractivity contribution in [1.29, 1.82) is 0 Å². The molecule has 1 amide bonds. The summed E-state index contributed by atoms with van der Waals surface area (Å²) in [5, 5.41) is 10.8. The Labute approximate surface area is 137 Å². The Morgan fingerprint density at radius 3 is 2.83 bits per heavy atom. The lowest BCUT2D eigenvalue weighted by molar-refractivity contribution is 0.0952. The maximum atomic E-state index is 12.1. The van der Waals surface area contributed by atoms with Gasteiger partial charge in [0.05, 0.1) is 6.54 Å². The van der Waals surface area contributed by atoms with Crippen LogP contribution >= 0.6 is 0 Å². The smallest absolute Gasteiger partial charge is 0.251 e. The van der Waals surface area contributed by atoms with Gasteiger partial charge in [0.25, 0.3) is 5.91 Å². The fraction of sp³-hybridized carbons (Fsp3) is 0.312. The van der Waals surface area contributed by atoms with Gasteiger partial charge in [-0.15, -0.1) is 0 Å². The van der Waals surface area contributed by atoms with Gasteiger partial charge >= 0.3 is 0 Å². The van der Waals surface area contributed by atoms with E-state index in [2.05, 4.69) is 25.5 Å². The lowest BCUT2D eigenvalue weighted by Crippen LogP contribution is -2.27. The summed E-state index contributed by atoms with van der Waals surface area (Å²) in [6, 6.07) is 7.17. The van der Waals surface area contributed by atoms with Crippen LogP contribution in [0.1, 0.15) is 35.0 Å². The molecule has 0 aliphatic heterocycles. The summed E-state index contributed by atoms with van der Waals surface area (Å²) in [4.78, 5) is 20.4. The summed E-state index contributed by atoms with van der Waals surface area (Å²) < 4.78 is 6.92. The average Bonchev–Trinajstić information content (AvgIpc) is 3.12. The summed E-state index contributed by atoms with van der Waals surface area (Å²) >= 11 is 0. The van der Waals surface area contributed by atoms with E-state index in [4.69, 9.17) is 4.52 Å². The van der Waals surface area contributed by atoms with Gasteiger partial charge < -0.3 is 9.84 Å². The fourth-order valence-corrected chi connectivity index (χ4v) is 2.35. The van der Waals surface area contributed by atoms with Crippen molar-refractivity contribution in [2.24, 2.45) is 0 Å². The van der Waals surface area contributed by atoms with E-state index in [1.165, 1.54) is 6.33 Å². The standard InChI is InChI=1S/C16H16N6O2/c23-15(18-7-8-22-10-17-9-19-22)12-3-1-11(2-4-12)14-20-16(24-21-14)13-5-6-13/h1-4,9-10,13H,5-8H2,(H,18,23). The lowest BCUT2D eigenvalue weighted by Gasteiger charge is -2.05. The Balaban J connectivity index is 1.36. The van der Waals surface area contributed by atoms with Crippen molar-refractivity contribution in [3.05, 3.63) is 48.4 Å². The van der Waals surface area contributed by atoms with Crippen molar-refractivity contribution in [3.63, 3.8) is 0 Å².